The molecule has 0 aromatic carbocycles. The Balaban J connectivity index is 1.14. The summed E-state index contributed by atoms with van der Waals surface area (Å²) >= 11 is 0. The van der Waals surface area contributed by atoms with Gasteiger partial charge in [-0.15, -0.1) is 0 Å². The van der Waals surface area contributed by atoms with E-state index in [1.54, 1.807) is 11.1 Å². The van der Waals surface area contributed by atoms with Crippen LogP contribution >= 0.6 is 0 Å². The Bertz CT molecular complexity index is 846. The van der Waals surface area contributed by atoms with Crippen molar-refractivity contribution in [1.82, 2.24) is 10.2 Å². The van der Waals surface area contributed by atoms with Gasteiger partial charge in [0.15, 0.2) is 0 Å². The number of nitrogens with zero attached hydrogens (tertiary/aromatic N) is 1. The van der Waals surface area contributed by atoms with Crippen molar-refractivity contribution in [1.29, 1.82) is 0 Å². The SMILES string of the molecule is CC1=C(C)C2CCC2C2=CCC(C(=O)NCC3(N4CCC5CC5CC4)CCCC3)C=C21. The highest BCUT2D eigenvalue weighted by Crippen LogP contribution is 2.53. The van der Waals surface area contributed by atoms with Crippen LogP contribution in [-0.4, -0.2) is 36.0 Å². The number of allylic oxidation sites excluding steroid dienone is 5. The highest BCUT2D eigenvalue weighted by atomic mass is 16.1. The smallest absolute Gasteiger partial charge is 0.227 e. The second kappa shape index (κ2) is 7.61. The van der Waals surface area contributed by atoms with Crippen molar-refractivity contribution in [3.8, 4) is 0 Å². The van der Waals surface area contributed by atoms with Gasteiger partial charge in [0.25, 0.3) is 0 Å². The maximum atomic E-state index is 13.3. The van der Waals surface area contributed by atoms with Crippen LogP contribution in [-0.2, 0) is 4.79 Å². The molecule has 4 fully saturated rings. The first-order valence-corrected chi connectivity index (χ1v) is 13.2. The van der Waals surface area contributed by atoms with E-state index < -0.39 is 0 Å². The highest BCUT2D eigenvalue weighted by Gasteiger charge is 2.46. The van der Waals surface area contributed by atoms with E-state index in [1.165, 1.54) is 82.0 Å². The standard InChI is InChI=1S/C28H40N2O/c1-18-19(2)26-16-22(5-6-25(26)24-8-7-23(18)24)27(31)29-17-28(11-3-4-12-28)30-13-9-20-15-21(20)10-14-30/h6,16,20-24H,3-5,7-15,17H2,1-2H3,(H,29,31). The molecule has 31 heavy (non-hydrogen) atoms. The van der Waals surface area contributed by atoms with Gasteiger partial charge >= 0.3 is 0 Å². The molecule has 5 atom stereocenters. The lowest BCUT2D eigenvalue weighted by Crippen LogP contribution is -2.55. The summed E-state index contributed by atoms with van der Waals surface area (Å²) in [5.41, 5.74) is 6.20. The van der Waals surface area contributed by atoms with Crippen LogP contribution < -0.4 is 5.32 Å². The van der Waals surface area contributed by atoms with Crippen LogP contribution in [0.15, 0.2) is 34.4 Å². The molecule has 3 saturated carbocycles. The van der Waals surface area contributed by atoms with Crippen LogP contribution in [0.1, 0.15) is 78.1 Å². The molecule has 6 aliphatic rings. The quantitative estimate of drug-likeness (QED) is 0.661. The van der Waals surface area contributed by atoms with E-state index in [2.05, 4.69) is 36.2 Å². The summed E-state index contributed by atoms with van der Waals surface area (Å²) in [5.74, 6) is 3.80. The zero-order chi connectivity index (χ0) is 21.2. The van der Waals surface area contributed by atoms with E-state index in [0.717, 1.165) is 36.6 Å². The molecule has 1 saturated heterocycles. The lowest BCUT2D eigenvalue weighted by molar-refractivity contribution is -0.124. The topological polar surface area (TPSA) is 32.3 Å². The second-order valence-electron chi connectivity index (χ2n) is 11.6. The van der Waals surface area contributed by atoms with Gasteiger partial charge in [-0.05, 0) is 119 Å². The first-order valence-electron chi connectivity index (χ1n) is 13.2. The van der Waals surface area contributed by atoms with Crippen molar-refractivity contribution in [2.45, 2.75) is 83.6 Å². The molecular weight excluding hydrogens is 380 g/mol. The molecule has 5 aliphatic carbocycles. The van der Waals surface area contributed by atoms with E-state index in [-0.39, 0.29) is 17.4 Å². The third-order valence-electron chi connectivity index (χ3n) is 10.2. The van der Waals surface area contributed by atoms with Gasteiger partial charge in [0.1, 0.15) is 0 Å². The molecule has 1 aliphatic heterocycles. The number of carbonyl (C=O) groups is 1. The minimum absolute atomic E-state index is 0.00774. The fraction of sp³-hybridized carbons (Fsp3) is 0.750. The number of nitrogens with one attached hydrogen (secondary N) is 1. The van der Waals surface area contributed by atoms with Crippen LogP contribution in [0.2, 0.25) is 0 Å². The zero-order valence-electron chi connectivity index (χ0n) is 19.6. The van der Waals surface area contributed by atoms with Gasteiger partial charge in [-0.25, -0.2) is 0 Å². The van der Waals surface area contributed by atoms with E-state index >= 15 is 0 Å². The minimum atomic E-state index is 0.00774. The molecule has 5 unspecified atom stereocenters. The summed E-state index contributed by atoms with van der Waals surface area (Å²) in [6, 6.07) is 0. The normalized spacial score (nSPS) is 38.7. The van der Waals surface area contributed by atoms with Crippen molar-refractivity contribution in [2.75, 3.05) is 19.6 Å². The van der Waals surface area contributed by atoms with E-state index in [0.29, 0.717) is 0 Å². The highest BCUT2D eigenvalue weighted by molar-refractivity contribution is 5.82. The van der Waals surface area contributed by atoms with Crippen LogP contribution in [0, 0.1) is 29.6 Å². The molecule has 3 heteroatoms. The molecule has 3 nitrogen and oxygen atoms in total. The Labute approximate surface area is 188 Å². The summed E-state index contributed by atoms with van der Waals surface area (Å²) in [6.07, 6.45) is 17.7. The first kappa shape index (κ1) is 20.3. The monoisotopic (exact) mass is 420 g/mol. The second-order valence-corrected chi connectivity index (χ2v) is 11.6. The molecular formula is C28H40N2O. The summed E-state index contributed by atoms with van der Waals surface area (Å²) in [6.45, 7) is 7.96. The van der Waals surface area contributed by atoms with Gasteiger partial charge in [0, 0.05) is 12.1 Å². The average Bonchev–Trinajstić information content (AvgIpc) is 3.38. The van der Waals surface area contributed by atoms with Crippen molar-refractivity contribution in [3.63, 3.8) is 0 Å². The molecule has 0 aromatic heterocycles. The number of hydrogen-bond acceptors (Lipinski definition) is 2. The molecule has 0 radical (unpaired) electrons. The van der Waals surface area contributed by atoms with E-state index in [9.17, 15) is 4.79 Å². The molecule has 6 rings (SSSR count). The van der Waals surface area contributed by atoms with Gasteiger partial charge in [0.05, 0.1) is 5.92 Å². The number of rotatable bonds is 4. The largest absolute Gasteiger partial charge is 0.354 e. The molecule has 168 valence electrons. The summed E-state index contributed by atoms with van der Waals surface area (Å²) in [4.78, 5) is 16.1. The molecule has 1 N–H and O–H groups in total. The van der Waals surface area contributed by atoms with Crippen LogP contribution in [0.25, 0.3) is 0 Å². The van der Waals surface area contributed by atoms with E-state index in [4.69, 9.17) is 0 Å². The Hall–Kier alpha value is -1.35. The molecule has 1 amide bonds. The van der Waals surface area contributed by atoms with Gasteiger partial charge in [-0.1, -0.05) is 30.6 Å². The Morgan fingerprint density at radius 3 is 2.45 bits per heavy atom. The van der Waals surface area contributed by atoms with Crippen LogP contribution in [0.5, 0.6) is 0 Å². The minimum Gasteiger partial charge on any atom is -0.354 e. The Morgan fingerprint density at radius 2 is 1.77 bits per heavy atom. The fourth-order valence-corrected chi connectivity index (χ4v) is 7.75. The van der Waals surface area contributed by atoms with Gasteiger partial charge in [0.2, 0.25) is 5.91 Å². The maximum absolute atomic E-state index is 13.3. The van der Waals surface area contributed by atoms with Crippen molar-refractivity contribution < 1.29 is 4.79 Å². The number of fused-ring (bicyclic) bond motifs is 4. The Kier molecular flexibility index (Phi) is 4.98. The Morgan fingerprint density at radius 1 is 1.06 bits per heavy atom. The lowest BCUT2D eigenvalue weighted by atomic mass is 9.58. The van der Waals surface area contributed by atoms with Gasteiger partial charge in [-0.2, -0.15) is 0 Å². The summed E-state index contributed by atoms with van der Waals surface area (Å²) in [7, 11) is 0. The third kappa shape index (κ3) is 3.37. The maximum Gasteiger partial charge on any atom is 0.227 e. The number of amides is 1. The molecule has 0 bridgehead atoms. The predicted molar refractivity (Wildman–Crippen MR) is 125 cm³/mol. The number of carbonyl (C=O) groups excluding carboxylic acids is 1. The van der Waals surface area contributed by atoms with Gasteiger partial charge in [-0.3, -0.25) is 9.69 Å². The average molecular weight is 421 g/mol. The molecule has 0 spiro atoms. The first-order chi connectivity index (χ1) is 15.1. The van der Waals surface area contributed by atoms with E-state index in [1.807, 2.05) is 0 Å². The number of likely N-dealkylation sites (tertiary alicyclic amines) is 1. The number of hydrogen-bond donors (Lipinski definition) is 1. The van der Waals surface area contributed by atoms with Crippen LogP contribution in [0.4, 0.5) is 0 Å². The molecule has 1 heterocycles. The zero-order valence-corrected chi connectivity index (χ0v) is 19.6. The fourth-order valence-electron chi connectivity index (χ4n) is 7.75. The summed E-state index contributed by atoms with van der Waals surface area (Å²) < 4.78 is 0. The van der Waals surface area contributed by atoms with Crippen molar-refractivity contribution in [3.05, 3.63) is 34.4 Å². The van der Waals surface area contributed by atoms with Crippen molar-refractivity contribution >= 4 is 5.91 Å². The third-order valence-corrected chi connectivity index (χ3v) is 10.2. The molecule has 0 aromatic rings. The van der Waals surface area contributed by atoms with Gasteiger partial charge < -0.3 is 5.32 Å². The lowest BCUT2D eigenvalue weighted by Gasteiger charge is -2.46. The van der Waals surface area contributed by atoms with Crippen molar-refractivity contribution in [2.24, 2.45) is 29.6 Å². The predicted octanol–water partition coefficient (Wildman–Crippen LogP) is 5.40. The summed E-state index contributed by atoms with van der Waals surface area (Å²) in [5, 5.41) is 3.46. The van der Waals surface area contributed by atoms with Crippen LogP contribution in [0.3, 0.4) is 0 Å².